The van der Waals surface area contributed by atoms with E-state index in [-0.39, 0.29) is 0 Å². The van der Waals surface area contributed by atoms with E-state index in [0.29, 0.717) is 21.7 Å². The lowest BCUT2D eigenvalue weighted by Gasteiger charge is -2.11. The zero-order valence-corrected chi connectivity index (χ0v) is 14.8. The first-order valence-electron chi connectivity index (χ1n) is 5.93. The van der Waals surface area contributed by atoms with Gasteiger partial charge in [-0.2, -0.15) is 0 Å². The van der Waals surface area contributed by atoms with Crippen LogP contribution in [0.15, 0.2) is 33.8 Å². The van der Waals surface area contributed by atoms with Crippen molar-refractivity contribution in [3.63, 3.8) is 0 Å². The van der Waals surface area contributed by atoms with Gasteiger partial charge in [0, 0.05) is 21.6 Å². The minimum Gasteiger partial charge on any atom is -0.436 e. The fourth-order valence-corrected chi connectivity index (χ4v) is 3.65. The van der Waals surface area contributed by atoms with Crippen molar-refractivity contribution in [2.75, 3.05) is 5.75 Å². The molecule has 0 bridgehead atoms. The number of aryl methyl sites for hydroxylation is 1. The summed E-state index contributed by atoms with van der Waals surface area (Å²) in [4.78, 5) is 5.40. The molecule has 0 aliphatic carbocycles. The van der Waals surface area contributed by atoms with Gasteiger partial charge >= 0.3 is 0 Å². The van der Waals surface area contributed by atoms with Gasteiger partial charge in [0.25, 0.3) is 0 Å². The van der Waals surface area contributed by atoms with E-state index in [4.69, 9.17) is 27.9 Å². The van der Waals surface area contributed by atoms with E-state index in [1.807, 2.05) is 13.0 Å². The standard InChI is InChI=1S/C14H12BrCl2NOS/c1-3-20-12-6-13(18-7-8(12)2)19-14-10(16)4-9(15)5-11(14)17/h4-7H,3H2,1-2H3. The molecule has 20 heavy (non-hydrogen) atoms. The molecule has 0 aliphatic heterocycles. The van der Waals surface area contributed by atoms with Crippen LogP contribution < -0.4 is 4.74 Å². The summed E-state index contributed by atoms with van der Waals surface area (Å²) in [6.07, 6.45) is 1.79. The molecule has 1 heterocycles. The summed E-state index contributed by atoms with van der Waals surface area (Å²) in [5.41, 5.74) is 1.12. The topological polar surface area (TPSA) is 22.1 Å². The van der Waals surface area contributed by atoms with E-state index < -0.39 is 0 Å². The average molecular weight is 393 g/mol. The molecule has 2 aromatic rings. The third-order valence-corrected chi connectivity index (χ3v) is 4.56. The Balaban J connectivity index is 2.33. The lowest BCUT2D eigenvalue weighted by Crippen LogP contribution is -1.92. The molecule has 6 heteroatoms. The van der Waals surface area contributed by atoms with Crippen LogP contribution in [0.3, 0.4) is 0 Å². The predicted octanol–water partition coefficient (Wildman–Crippen LogP) is 6.36. The first-order chi connectivity index (χ1) is 9.51. The summed E-state index contributed by atoms with van der Waals surface area (Å²) >= 11 is 17.4. The SMILES string of the molecule is CCSc1cc(Oc2c(Cl)cc(Br)cc2Cl)ncc1C. The third kappa shape index (κ3) is 3.82. The highest BCUT2D eigenvalue weighted by atomic mass is 79.9. The molecule has 2 nitrogen and oxygen atoms in total. The highest BCUT2D eigenvalue weighted by Gasteiger charge is 2.12. The van der Waals surface area contributed by atoms with Gasteiger partial charge in [-0.3, -0.25) is 0 Å². The molecule has 0 spiro atoms. The number of halogens is 3. The number of rotatable bonds is 4. The van der Waals surface area contributed by atoms with Crippen molar-refractivity contribution < 1.29 is 4.74 Å². The van der Waals surface area contributed by atoms with Crippen LogP contribution in [0.25, 0.3) is 0 Å². The molecule has 0 N–H and O–H groups in total. The van der Waals surface area contributed by atoms with E-state index in [9.17, 15) is 0 Å². The van der Waals surface area contributed by atoms with Crippen LogP contribution in [-0.2, 0) is 0 Å². The van der Waals surface area contributed by atoms with E-state index in [1.165, 1.54) is 0 Å². The molecule has 0 aliphatic rings. The Morgan fingerprint density at radius 3 is 2.50 bits per heavy atom. The first-order valence-corrected chi connectivity index (χ1v) is 8.46. The minimum atomic E-state index is 0.417. The molecule has 106 valence electrons. The summed E-state index contributed by atoms with van der Waals surface area (Å²) < 4.78 is 6.53. The van der Waals surface area contributed by atoms with E-state index >= 15 is 0 Å². The van der Waals surface area contributed by atoms with Crippen molar-refractivity contribution in [3.8, 4) is 11.6 Å². The summed E-state index contributed by atoms with van der Waals surface area (Å²) in [7, 11) is 0. The summed E-state index contributed by atoms with van der Waals surface area (Å²) in [6, 6.07) is 5.37. The number of hydrogen-bond acceptors (Lipinski definition) is 3. The van der Waals surface area contributed by atoms with Crippen LogP contribution in [-0.4, -0.2) is 10.7 Å². The molecule has 0 amide bonds. The fourth-order valence-electron chi connectivity index (χ4n) is 1.59. The normalized spacial score (nSPS) is 10.7. The Bertz CT molecular complexity index is 614. The van der Waals surface area contributed by atoms with Gasteiger partial charge in [-0.05, 0) is 30.4 Å². The average Bonchev–Trinajstić information content (AvgIpc) is 2.37. The second-order valence-corrected chi connectivity index (χ2v) is 7.06. The van der Waals surface area contributed by atoms with Crippen LogP contribution in [0, 0.1) is 6.92 Å². The first kappa shape index (κ1) is 16.0. The zero-order valence-electron chi connectivity index (χ0n) is 10.9. The fraction of sp³-hybridized carbons (Fsp3) is 0.214. The molecule has 0 saturated carbocycles. The smallest absolute Gasteiger partial charge is 0.220 e. The molecule has 0 radical (unpaired) electrons. The van der Waals surface area contributed by atoms with Gasteiger partial charge in [-0.25, -0.2) is 4.98 Å². The molecule has 2 rings (SSSR count). The Morgan fingerprint density at radius 1 is 1.25 bits per heavy atom. The molecule has 1 aromatic heterocycles. The second-order valence-electron chi connectivity index (χ2n) is 4.02. The molecule has 0 saturated heterocycles. The van der Waals surface area contributed by atoms with E-state index in [1.54, 1.807) is 30.1 Å². The van der Waals surface area contributed by atoms with Gasteiger partial charge in [-0.1, -0.05) is 46.1 Å². The summed E-state index contributed by atoms with van der Waals surface area (Å²) in [6.45, 7) is 4.13. The van der Waals surface area contributed by atoms with Gasteiger partial charge in [0.1, 0.15) is 0 Å². The van der Waals surface area contributed by atoms with Crippen molar-refractivity contribution in [1.82, 2.24) is 4.98 Å². The van der Waals surface area contributed by atoms with Crippen molar-refractivity contribution in [3.05, 3.63) is 44.5 Å². The van der Waals surface area contributed by atoms with E-state index in [0.717, 1.165) is 20.7 Å². The maximum absolute atomic E-state index is 6.14. The predicted molar refractivity (Wildman–Crippen MR) is 89.6 cm³/mol. The molecule has 0 unspecified atom stereocenters. The molecule has 0 atom stereocenters. The summed E-state index contributed by atoms with van der Waals surface area (Å²) in [5, 5.41) is 0.882. The summed E-state index contributed by atoms with van der Waals surface area (Å²) in [5.74, 6) is 1.89. The largest absolute Gasteiger partial charge is 0.436 e. The lowest BCUT2D eigenvalue weighted by molar-refractivity contribution is 0.461. The molecular weight excluding hydrogens is 381 g/mol. The van der Waals surface area contributed by atoms with Crippen LogP contribution in [0.1, 0.15) is 12.5 Å². The number of pyridine rings is 1. The highest BCUT2D eigenvalue weighted by molar-refractivity contribution is 9.10. The van der Waals surface area contributed by atoms with E-state index in [2.05, 4.69) is 27.8 Å². The van der Waals surface area contributed by atoms with Gasteiger partial charge in [0.15, 0.2) is 5.75 Å². The van der Waals surface area contributed by atoms with Crippen molar-refractivity contribution in [2.24, 2.45) is 0 Å². The van der Waals surface area contributed by atoms with Gasteiger partial charge < -0.3 is 4.74 Å². The molecule has 0 fully saturated rings. The number of nitrogens with zero attached hydrogens (tertiary/aromatic N) is 1. The van der Waals surface area contributed by atoms with Crippen LogP contribution >= 0.6 is 50.9 Å². The van der Waals surface area contributed by atoms with Gasteiger partial charge in [0.05, 0.1) is 10.0 Å². The Morgan fingerprint density at radius 2 is 1.90 bits per heavy atom. The highest BCUT2D eigenvalue weighted by Crippen LogP contribution is 2.39. The number of hydrogen-bond donors (Lipinski definition) is 0. The Labute approximate surface area is 141 Å². The minimum absolute atomic E-state index is 0.417. The van der Waals surface area contributed by atoms with Crippen LogP contribution in [0.5, 0.6) is 11.6 Å². The maximum Gasteiger partial charge on any atom is 0.220 e. The van der Waals surface area contributed by atoms with Crippen LogP contribution in [0.4, 0.5) is 0 Å². The second kappa shape index (κ2) is 7.03. The number of ether oxygens (including phenoxy) is 1. The zero-order chi connectivity index (χ0) is 14.7. The van der Waals surface area contributed by atoms with Gasteiger partial charge in [-0.15, -0.1) is 11.8 Å². The van der Waals surface area contributed by atoms with Crippen LogP contribution in [0.2, 0.25) is 10.0 Å². The number of benzene rings is 1. The monoisotopic (exact) mass is 391 g/mol. The molecular formula is C14H12BrCl2NOS. The lowest BCUT2D eigenvalue weighted by atomic mass is 10.3. The quantitative estimate of drug-likeness (QED) is 0.564. The molecule has 1 aromatic carbocycles. The number of aromatic nitrogens is 1. The van der Waals surface area contributed by atoms with Crippen molar-refractivity contribution >= 4 is 50.9 Å². The third-order valence-electron chi connectivity index (χ3n) is 2.50. The van der Waals surface area contributed by atoms with Gasteiger partial charge in [0.2, 0.25) is 5.88 Å². The van der Waals surface area contributed by atoms with Crippen molar-refractivity contribution in [1.29, 1.82) is 0 Å². The Kier molecular flexibility index (Phi) is 5.61. The maximum atomic E-state index is 6.14. The van der Waals surface area contributed by atoms with Crippen molar-refractivity contribution in [2.45, 2.75) is 18.7 Å². The Hall–Kier alpha value is -0.420. The number of thioether (sulfide) groups is 1.